The van der Waals surface area contributed by atoms with Gasteiger partial charge in [-0.05, 0) is 134 Å². The van der Waals surface area contributed by atoms with Crippen LogP contribution in [-0.2, 0) is 23.9 Å². The Kier molecular flexibility index (Phi) is 12.9. The molecule has 4 amide bonds. The summed E-state index contributed by atoms with van der Waals surface area (Å²) in [5.74, 6) is 0. The Balaban J connectivity index is 0.000000174. The Morgan fingerprint density at radius 3 is 1.42 bits per heavy atom. The van der Waals surface area contributed by atoms with Crippen molar-refractivity contribution in [2.45, 2.75) is 111 Å². The van der Waals surface area contributed by atoms with Gasteiger partial charge in [0.1, 0.15) is 0 Å². The molecule has 4 aromatic carbocycles. The highest BCUT2D eigenvalue weighted by Gasteiger charge is 2.56. The van der Waals surface area contributed by atoms with E-state index in [9.17, 15) is 14.7 Å². The molecule has 9 heteroatoms. The van der Waals surface area contributed by atoms with Crippen LogP contribution in [0.2, 0.25) is 0 Å². The SMILES string of the molecule is CN(C)C1(c2ccccc2)CCC2(CC1)CN(CCc1ccccc1)C(=O)N2.CN(C)C1(c2ccccc2)CCC2(CC1)CN(CCc1ccccc1)C(=O)N2CC1(O)CCC1. The summed E-state index contributed by atoms with van der Waals surface area (Å²) in [6, 6.07) is 42.8. The molecule has 4 aromatic rings. The molecule has 0 aromatic heterocycles. The van der Waals surface area contributed by atoms with E-state index in [0.717, 1.165) is 110 Å². The molecule has 62 heavy (non-hydrogen) atoms. The van der Waals surface area contributed by atoms with E-state index in [1.807, 2.05) is 17.0 Å². The number of aliphatic hydroxyl groups is 1. The van der Waals surface area contributed by atoms with Gasteiger partial charge in [0.2, 0.25) is 0 Å². The van der Waals surface area contributed by atoms with E-state index in [-0.39, 0.29) is 34.2 Å². The number of nitrogens with one attached hydrogen (secondary N) is 1. The van der Waals surface area contributed by atoms with Crippen LogP contribution in [0.1, 0.15) is 92.9 Å². The van der Waals surface area contributed by atoms with E-state index < -0.39 is 5.60 Å². The molecular formula is C53H70N6O3. The van der Waals surface area contributed by atoms with Crippen LogP contribution in [0.5, 0.6) is 0 Å². The average molecular weight is 839 g/mol. The lowest BCUT2D eigenvalue weighted by atomic mass is 9.67. The molecule has 2 aliphatic heterocycles. The van der Waals surface area contributed by atoms with Gasteiger partial charge in [0, 0.05) is 37.3 Å². The molecule has 0 radical (unpaired) electrons. The fraction of sp³-hybridized carbons (Fsp3) is 0.509. The standard InChI is InChI=1S/C29H39N3O2.C24H31N3O/c1-30(2)29(25-12-7-4-8-13-25)19-17-27(18-20-29)22-31(21-14-24-10-5-3-6-11-24)26(33)32(27)23-28(34)15-9-16-28;1-26(2)24(21-11-7-4-8-12-21)16-14-23(15-17-24)19-27(22(28)25-23)18-13-20-9-5-3-6-10-20/h3-8,10-13,34H,9,14-23H2,1-2H3;3-12H,13-19H2,1-2H3,(H,25,28). The molecular weight excluding hydrogens is 769 g/mol. The number of benzene rings is 4. The van der Waals surface area contributed by atoms with Gasteiger partial charge in [-0.25, -0.2) is 9.59 Å². The molecule has 9 rings (SSSR count). The van der Waals surface area contributed by atoms with Crippen molar-refractivity contribution in [1.82, 2.24) is 29.8 Å². The molecule has 2 saturated heterocycles. The molecule has 3 saturated carbocycles. The van der Waals surface area contributed by atoms with Gasteiger partial charge >= 0.3 is 12.1 Å². The number of β-amino-alcohol motifs (C(OH)–C–C–N with tert-alkyl or cyclic N) is 1. The van der Waals surface area contributed by atoms with Crippen LogP contribution < -0.4 is 5.32 Å². The first-order chi connectivity index (χ1) is 29.9. The molecule has 9 nitrogen and oxygen atoms in total. The predicted octanol–water partition coefficient (Wildman–Crippen LogP) is 8.68. The lowest BCUT2D eigenvalue weighted by Gasteiger charge is -2.52. The average Bonchev–Trinajstić information content (AvgIpc) is 3.73. The minimum absolute atomic E-state index is 0.00788. The summed E-state index contributed by atoms with van der Waals surface area (Å²) in [4.78, 5) is 37.3. The van der Waals surface area contributed by atoms with Crippen molar-refractivity contribution in [3.8, 4) is 0 Å². The van der Waals surface area contributed by atoms with E-state index in [0.29, 0.717) is 6.54 Å². The number of hydrogen-bond acceptors (Lipinski definition) is 5. The number of rotatable bonds is 12. The molecule has 5 fully saturated rings. The third-order valence-electron chi connectivity index (χ3n) is 15.9. The zero-order valence-electron chi connectivity index (χ0n) is 37.8. The molecule has 2 heterocycles. The Morgan fingerprint density at radius 1 is 0.548 bits per heavy atom. The number of urea groups is 2. The van der Waals surface area contributed by atoms with Crippen molar-refractivity contribution in [2.75, 3.05) is 60.9 Å². The molecule has 2 N–H and O–H groups in total. The summed E-state index contributed by atoms with van der Waals surface area (Å²) >= 11 is 0. The largest absolute Gasteiger partial charge is 0.388 e. The van der Waals surface area contributed by atoms with Gasteiger partial charge in [-0.1, -0.05) is 121 Å². The van der Waals surface area contributed by atoms with E-state index in [4.69, 9.17) is 0 Å². The van der Waals surface area contributed by atoms with Crippen LogP contribution in [0, 0.1) is 0 Å². The highest BCUT2D eigenvalue weighted by Crippen LogP contribution is 2.50. The van der Waals surface area contributed by atoms with Crippen LogP contribution in [0.4, 0.5) is 9.59 Å². The molecule has 0 unspecified atom stereocenters. The highest BCUT2D eigenvalue weighted by atomic mass is 16.3. The van der Waals surface area contributed by atoms with Crippen molar-refractivity contribution < 1.29 is 14.7 Å². The zero-order valence-corrected chi connectivity index (χ0v) is 37.8. The van der Waals surface area contributed by atoms with Crippen molar-refractivity contribution in [3.63, 3.8) is 0 Å². The summed E-state index contributed by atoms with van der Waals surface area (Å²) in [5.41, 5.74) is 4.41. The topological polar surface area (TPSA) is 82.6 Å². The third kappa shape index (κ3) is 8.91. The molecule has 0 atom stereocenters. The molecule has 2 spiro atoms. The first-order valence-corrected chi connectivity index (χ1v) is 23.3. The fourth-order valence-corrected chi connectivity index (χ4v) is 11.6. The minimum Gasteiger partial charge on any atom is -0.388 e. The van der Waals surface area contributed by atoms with Gasteiger partial charge in [-0.3, -0.25) is 9.80 Å². The first kappa shape index (κ1) is 43.9. The lowest BCUT2D eigenvalue weighted by Crippen LogP contribution is -2.59. The normalized spacial score (nSPS) is 28.0. The molecule has 330 valence electrons. The van der Waals surface area contributed by atoms with Gasteiger partial charge in [0.25, 0.3) is 0 Å². The smallest absolute Gasteiger partial charge is 0.320 e. The van der Waals surface area contributed by atoms with Crippen LogP contribution >= 0.6 is 0 Å². The maximum atomic E-state index is 13.7. The maximum Gasteiger partial charge on any atom is 0.320 e. The monoisotopic (exact) mass is 839 g/mol. The van der Waals surface area contributed by atoms with Crippen LogP contribution in [0.15, 0.2) is 121 Å². The Labute approximate surface area is 371 Å². The van der Waals surface area contributed by atoms with E-state index in [1.54, 1.807) is 0 Å². The quantitative estimate of drug-likeness (QED) is 0.149. The van der Waals surface area contributed by atoms with Crippen LogP contribution in [0.25, 0.3) is 0 Å². The maximum absolute atomic E-state index is 13.7. The van der Waals surface area contributed by atoms with Crippen LogP contribution in [0.3, 0.4) is 0 Å². The second-order valence-electron chi connectivity index (χ2n) is 19.8. The minimum atomic E-state index is -0.701. The summed E-state index contributed by atoms with van der Waals surface area (Å²) in [5, 5.41) is 14.4. The summed E-state index contributed by atoms with van der Waals surface area (Å²) in [6.45, 7) is 3.60. The number of nitrogens with zero attached hydrogens (tertiary/aromatic N) is 5. The molecule has 0 bridgehead atoms. The highest BCUT2D eigenvalue weighted by molar-refractivity contribution is 5.79. The zero-order chi connectivity index (χ0) is 43.4. The third-order valence-corrected chi connectivity index (χ3v) is 15.9. The van der Waals surface area contributed by atoms with Gasteiger partial charge in [-0.2, -0.15) is 0 Å². The Hall–Kier alpha value is -4.70. The fourth-order valence-electron chi connectivity index (χ4n) is 11.6. The second-order valence-corrected chi connectivity index (χ2v) is 19.8. The van der Waals surface area contributed by atoms with Crippen molar-refractivity contribution >= 4 is 12.1 Å². The predicted molar refractivity (Wildman–Crippen MR) is 249 cm³/mol. The summed E-state index contributed by atoms with van der Waals surface area (Å²) in [6.07, 6.45) is 12.6. The van der Waals surface area contributed by atoms with E-state index >= 15 is 0 Å². The van der Waals surface area contributed by atoms with Crippen molar-refractivity contribution in [2.24, 2.45) is 0 Å². The van der Waals surface area contributed by atoms with Gasteiger partial charge in [0.05, 0.1) is 23.2 Å². The number of carbonyl (C=O) groups excluding carboxylic acids is 2. The Morgan fingerprint density at radius 2 is 0.984 bits per heavy atom. The van der Waals surface area contributed by atoms with E-state index in [2.05, 4.69) is 162 Å². The Bertz CT molecular complexity index is 2070. The van der Waals surface area contributed by atoms with Crippen LogP contribution in [-0.4, -0.2) is 119 Å². The molecule has 5 aliphatic rings. The van der Waals surface area contributed by atoms with Gasteiger partial charge < -0.3 is 25.1 Å². The second kappa shape index (κ2) is 18.2. The van der Waals surface area contributed by atoms with Crippen molar-refractivity contribution in [1.29, 1.82) is 0 Å². The first-order valence-electron chi connectivity index (χ1n) is 23.3. The van der Waals surface area contributed by atoms with Gasteiger partial charge in [0.15, 0.2) is 0 Å². The van der Waals surface area contributed by atoms with Crippen molar-refractivity contribution in [3.05, 3.63) is 144 Å². The number of hydrogen-bond donors (Lipinski definition) is 2. The molecule has 3 aliphatic carbocycles. The number of carbonyl (C=O) groups is 2. The summed E-state index contributed by atoms with van der Waals surface area (Å²) < 4.78 is 0. The summed E-state index contributed by atoms with van der Waals surface area (Å²) in [7, 11) is 8.74. The van der Waals surface area contributed by atoms with E-state index in [1.165, 1.54) is 22.3 Å². The lowest BCUT2D eigenvalue weighted by molar-refractivity contribution is -0.0725. The van der Waals surface area contributed by atoms with Gasteiger partial charge in [-0.15, -0.1) is 0 Å². The number of amides is 4.